The summed E-state index contributed by atoms with van der Waals surface area (Å²) in [5.74, 6) is -3.13. The second kappa shape index (κ2) is 6.62. The van der Waals surface area contributed by atoms with Gasteiger partial charge in [-0.05, 0) is 30.0 Å². The van der Waals surface area contributed by atoms with Crippen molar-refractivity contribution in [3.63, 3.8) is 0 Å². The van der Waals surface area contributed by atoms with E-state index in [1.54, 1.807) is 0 Å². The molecule has 0 aromatic carbocycles. The molecule has 22 nitrogen and oxygen atoms in total. The van der Waals surface area contributed by atoms with Gasteiger partial charge in [0.05, 0.1) is 10.3 Å². The molecule has 0 radical (unpaired) electrons. The number of rotatable bonds is 6. The normalized spacial score (nSPS) is 11.3. The van der Waals surface area contributed by atoms with Crippen LogP contribution in [0.25, 0.3) is 23.0 Å². The highest BCUT2D eigenvalue weighted by Gasteiger charge is 2.32. The van der Waals surface area contributed by atoms with E-state index in [-0.39, 0.29) is 9.81 Å². The van der Waals surface area contributed by atoms with Crippen molar-refractivity contribution >= 4 is 23.7 Å². The van der Waals surface area contributed by atoms with Crippen LogP contribution in [0.5, 0.6) is 0 Å². The molecule has 0 aliphatic heterocycles. The number of azo groups is 1. The second-order valence-corrected chi connectivity index (χ2v) is 4.72. The molecule has 0 aliphatic carbocycles. The Hall–Kier alpha value is -5.44. The van der Waals surface area contributed by atoms with Crippen LogP contribution >= 0.6 is 0 Å². The molecule has 4 aromatic rings. The Morgan fingerprint density at radius 2 is 1.13 bits per heavy atom. The van der Waals surface area contributed by atoms with Gasteiger partial charge in [-0.15, -0.1) is 0 Å². The fraction of sp³-hybridized carbons (Fsp3) is 0. The Balaban J connectivity index is 1.59. The second-order valence-electron chi connectivity index (χ2n) is 4.72. The molecule has 0 saturated carbocycles. The summed E-state index contributed by atoms with van der Waals surface area (Å²) >= 11 is 0. The third-order valence-corrected chi connectivity index (χ3v) is 3.01. The highest BCUT2D eigenvalue weighted by molar-refractivity contribution is 5.56. The average Bonchev–Trinajstić information content (AvgIpc) is 3.45. The van der Waals surface area contributed by atoms with Gasteiger partial charge < -0.3 is 39.7 Å². The van der Waals surface area contributed by atoms with Gasteiger partial charge in [-0.3, -0.25) is 9.26 Å². The minimum absolute atomic E-state index is 0.321. The summed E-state index contributed by atoms with van der Waals surface area (Å²) in [6.07, 6.45) is 0. The van der Waals surface area contributed by atoms with E-state index in [1.807, 2.05) is 0 Å². The van der Waals surface area contributed by atoms with Crippen LogP contribution in [0, 0.1) is 30.6 Å². The summed E-state index contributed by atoms with van der Waals surface area (Å²) in [5, 5.41) is 63.7. The first-order valence-corrected chi connectivity index (χ1v) is 6.93. The lowest BCUT2D eigenvalue weighted by Gasteiger charge is -1.89. The van der Waals surface area contributed by atoms with Crippen LogP contribution in [0.1, 0.15) is 0 Å². The highest BCUT2D eigenvalue weighted by atomic mass is 16.8. The van der Waals surface area contributed by atoms with E-state index in [0.29, 0.717) is 0 Å². The first-order chi connectivity index (χ1) is 14.3. The standard InChI is InChI=1S/C8N12O10/c21-17(22)5-1(19(25)29-15-5)3-9-7(27-13-3)11-12-8-10-4(14-28-8)2-6(18(23)24)16-30-20(2)26. The van der Waals surface area contributed by atoms with Crippen LogP contribution in [0.2, 0.25) is 0 Å². The van der Waals surface area contributed by atoms with Gasteiger partial charge >= 0.3 is 35.1 Å². The van der Waals surface area contributed by atoms with Gasteiger partial charge in [0.1, 0.15) is 0 Å². The maximum Gasteiger partial charge on any atom is 0.444 e. The van der Waals surface area contributed by atoms with Crippen LogP contribution in [0.4, 0.5) is 23.7 Å². The number of nitrogens with zero attached hydrogens (tertiary/aromatic N) is 12. The zero-order chi connectivity index (χ0) is 21.4. The maximum absolute atomic E-state index is 11.4. The molecule has 0 unspecified atom stereocenters. The van der Waals surface area contributed by atoms with E-state index >= 15 is 0 Å². The van der Waals surface area contributed by atoms with Crippen molar-refractivity contribution in [2.24, 2.45) is 10.2 Å². The van der Waals surface area contributed by atoms with Gasteiger partial charge in [0, 0.05) is 0 Å². The van der Waals surface area contributed by atoms with Gasteiger partial charge in [-0.1, -0.05) is 10.2 Å². The van der Waals surface area contributed by atoms with E-state index in [4.69, 9.17) is 0 Å². The quantitative estimate of drug-likeness (QED) is 0.159. The summed E-state index contributed by atoms with van der Waals surface area (Å²) in [6.45, 7) is 0. The molecule has 4 rings (SSSR count). The van der Waals surface area contributed by atoms with E-state index in [0.717, 1.165) is 0 Å². The van der Waals surface area contributed by atoms with Crippen molar-refractivity contribution in [2.75, 3.05) is 0 Å². The van der Waals surface area contributed by atoms with Crippen molar-refractivity contribution in [1.29, 1.82) is 0 Å². The molecule has 30 heavy (non-hydrogen) atoms. The molecule has 152 valence electrons. The Bertz CT molecular complexity index is 1200. The molecular formula is C8N12O10. The van der Waals surface area contributed by atoms with Crippen molar-refractivity contribution in [1.82, 2.24) is 30.6 Å². The van der Waals surface area contributed by atoms with Gasteiger partial charge in [-0.25, -0.2) is 0 Å². The van der Waals surface area contributed by atoms with Crippen LogP contribution in [-0.2, 0) is 0 Å². The predicted octanol–water partition coefficient (Wildman–Crippen LogP) is -0.739. The lowest BCUT2D eigenvalue weighted by Crippen LogP contribution is -2.25. The minimum Gasteiger partial charge on any atom is -0.359 e. The predicted molar refractivity (Wildman–Crippen MR) is 75.0 cm³/mol. The van der Waals surface area contributed by atoms with E-state index in [2.05, 4.69) is 59.1 Å². The summed E-state index contributed by atoms with van der Waals surface area (Å²) in [4.78, 5) is 26.1. The smallest absolute Gasteiger partial charge is 0.359 e. The van der Waals surface area contributed by atoms with E-state index in [1.165, 1.54) is 0 Å². The lowest BCUT2D eigenvalue weighted by atomic mass is 10.4. The SMILES string of the molecule is O=[N+]([O-])c1no[n+]([O-])c1-c1noc(N=Nc2nc(-c3c([N+](=O)[O-])no[n+]3[O-])no2)n1. The number of aromatic nitrogens is 8. The number of hydrogen-bond donors (Lipinski definition) is 0. The van der Waals surface area contributed by atoms with Gasteiger partial charge in [-0.2, -0.15) is 9.97 Å². The molecule has 4 aromatic heterocycles. The first kappa shape index (κ1) is 17.9. The Morgan fingerprint density at radius 3 is 1.50 bits per heavy atom. The topological polar surface area (TPSA) is 295 Å². The van der Waals surface area contributed by atoms with Gasteiger partial charge in [0.2, 0.25) is 0 Å². The van der Waals surface area contributed by atoms with Crippen molar-refractivity contribution < 1.29 is 38.0 Å². The van der Waals surface area contributed by atoms with E-state index < -0.39 is 56.5 Å². The molecule has 0 N–H and O–H groups in total. The molecule has 22 heteroatoms. The molecule has 0 spiro atoms. The van der Waals surface area contributed by atoms with Crippen LogP contribution in [0.3, 0.4) is 0 Å². The van der Waals surface area contributed by atoms with E-state index in [9.17, 15) is 30.6 Å². The molecule has 0 atom stereocenters. The summed E-state index contributed by atoms with van der Waals surface area (Å²) in [6, 6.07) is -1.23. The first-order valence-electron chi connectivity index (χ1n) is 6.93. The largest absolute Gasteiger partial charge is 0.444 e. The fourth-order valence-electron chi connectivity index (χ4n) is 1.88. The molecule has 0 bridgehead atoms. The van der Waals surface area contributed by atoms with Gasteiger partial charge in [0.15, 0.2) is 0 Å². The Labute approximate surface area is 157 Å². The fourth-order valence-corrected chi connectivity index (χ4v) is 1.88. The van der Waals surface area contributed by atoms with Crippen LogP contribution < -0.4 is 9.81 Å². The monoisotopic (exact) mass is 424 g/mol. The number of hydrogen-bond acceptors (Lipinski definition) is 18. The highest BCUT2D eigenvalue weighted by Crippen LogP contribution is 2.26. The van der Waals surface area contributed by atoms with Crippen molar-refractivity contribution in [3.05, 3.63) is 30.6 Å². The molecule has 0 saturated heterocycles. The summed E-state index contributed by atoms with van der Waals surface area (Å²) in [7, 11) is 0. The summed E-state index contributed by atoms with van der Waals surface area (Å²) in [5.41, 5.74) is -1.52. The Kier molecular flexibility index (Phi) is 3.96. The molecule has 0 amide bonds. The number of nitro groups is 2. The molecule has 4 heterocycles. The zero-order valence-corrected chi connectivity index (χ0v) is 13.4. The zero-order valence-electron chi connectivity index (χ0n) is 13.4. The molecular weight excluding hydrogens is 424 g/mol. The van der Waals surface area contributed by atoms with Crippen molar-refractivity contribution in [3.8, 4) is 23.0 Å². The van der Waals surface area contributed by atoms with Gasteiger partial charge in [0.25, 0.3) is 11.6 Å². The minimum atomic E-state index is -1.02. The summed E-state index contributed by atoms with van der Waals surface area (Å²) < 4.78 is 17.4. The third-order valence-electron chi connectivity index (χ3n) is 3.01. The lowest BCUT2D eigenvalue weighted by molar-refractivity contribution is -0.794. The van der Waals surface area contributed by atoms with Crippen LogP contribution in [-0.4, -0.2) is 40.4 Å². The van der Waals surface area contributed by atoms with Crippen molar-refractivity contribution in [2.45, 2.75) is 0 Å². The average molecular weight is 424 g/mol. The Morgan fingerprint density at radius 1 is 0.733 bits per heavy atom. The third kappa shape index (κ3) is 2.96. The molecule has 0 fully saturated rings. The molecule has 0 aliphatic rings. The maximum atomic E-state index is 11.4. The van der Waals surface area contributed by atoms with Crippen LogP contribution in [0.15, 0.2) is 28.5 Å².